The van der Waals surface area contributed by atoms with Gasteiger partial charge in [0, 0.05) is 18.2 Å². The van der Waals surface area contributed by atoms with Gasteiger partial charge in [-0.2, -0.15) is 0 Å². The summed E-state index contributed by atoms with van der Waals surface area (Å²) in [6.07, 6.45) is 3.55. The molecule has 1 aromatic rings. The predicted octanol–water partition coefficient (Wildman–Crippen LogP) is 1.99. The molecular weight excluding hydrogens is 242 g/mol. The Balaban J connectivity index is 2.62. The number of para-hydroxylation sites is 1. The molecule has 104 valence electrons. The summed E-state index contributed by atoms with van der Waals surface area (Å²) in [6, 6.07) is 7.56. The summed E-state index contributed by atoms with van der Waals surface area (Å²) in [5, 5.41) is 11.7. The topological polar surface area (TPSA) is 58.6 Å². The molecule has 1 unspecified atom stereocenters. The SMILES string of the molecule is CCCOc1ccccc1/C=C/C(=O)NCC(C)O. The molecule has 1 aromatic carbocycles. The average Bonchev–Trinajstić information content (AvgIpc) is 2.41. The molecule has 4 heteroatoms. The van der Waals surface area contributed by atoms with Crippen LogP contribution in [0, 0.1) is 0 Å². The maximum absolute atomic E-state index is 11.5. The minimum absolute atomic E-state index is 0.230. The van der Waals surface area contributed by atoms with Crippen LogP contribution < -0.4 is 10.1 Å². The molecule has 1 amide bonds. The van der Waals surface area contributed by atoms with E-state index in [2.05, 4.69) is 5.32 Å². The largest absolute Gasteiger partial charge is 0.493 e. The minimum atomic E-state index is -0.544. The number of hydrogen-bond acceptors (Lipinski definition) is 3. The van der Waals surface area contributed by atoms with Crippen molar-refractivity contribution in [3.05, 3.63) is 35.9 Å². The number of nitrogens with one attached hydrogen (secondary N) is 1. The van der Waals surface area contributed by atoms with Crippen molar-refractivity contribution in [3.63, 3.8) is 0 Å². The summed E-state index contributed by atoms with van der Waals surface area (Å²) in [4.78, 5) is 11.5. The number of ether oxygens (including phenoxy) is 1. The zero-order valence-corrected chi connectivity index (χ0v) is 11.4. The summed E-state index contributed by atoms with van der Waals surface area (Å²) in [5.41, 5.74) is 0.864. The van der Waals surface area contributed by atoms with E-state index >= 15 is 0 Å². The Labute approximate surface area is 114 Å². The van der Waals surface area contributed by atoms with Gasteiger partial charge in [-0.05, 0) is 25.5 Å². The van der Waals surface area contributed by atoms with Crippen LogP contribution in [-0.4, -0.2) is 30.3 Å². The molecule has 0 aromatic heterocycles. The zero-order chi connectivity index (χ0) is 14.1. The standard InChI is InChI=1S/C15H21NO3/c1-3-10-19-14-7-5-4-6-13(14)8-9-15(18)16-11-12(2)17/h4-9,12,17H,3,10-11H2,1-2H3,(H,16,18)/b9-8+. The number of amides is 1. The number of rotatable bonds is 7. The maximum atomic E-state index is 11.5. The number of aliphatic hydroxyl groups is 1. The molecule has 0 radical (unpaired) electrons. The van der Waals surface area contributed by atoms with E-state index in [9.17, 15) is 4.79 Å². The van der Waals surface area contributed by atoms with E-state index in [-0.39, 0.29) is 12.5 Å². The lowest BCUT2D eigenvalue weighted by atomic mass is 10.2. The van der Waals surface area contributed by atoms with Gasteiger partial charge in [-0.15, -0.1) is 0 Å². The second-order valence-electron chi connectivity index (χ2n) is 4.31. The third kappa shape index (κ3) is 6.06. The predicted molar refractivity (Wildman–Crippen MR) is 76.0 cm³/mol. The normalized spacial score (nSPS) is 12.4. The van der Waals surface area contributed by atoms with Crippen molar-refractivity contribution in [2.24, 2.45) is 0 Å². The van der Waals surface area contributed by atoms with E-state index in [1.165, 1.54) is 6.08 Å². The molecule has 4 nitrogen and oxygen atoms in total. The van der Waals surface area contributed by atoms with Crippen LogP contribution >= 0.6 is 0 Å². The first kappa shape index (κ1) is 15.2. The van der Waals surface area contributed by atoms with Gasteiger partial charge in [0.25, 0.3) is 0 Å². The quantitative estimate of drug-likeness (QED) is 0.740. The van der Waals surface area contributed by atoms with Crippen molar-refractivity contribution in [1.82, 2.24) is 5.32 Å². The smallest absolute Gasteiger partial charge is 0.244 e. The highest BCUT2D eigenvalue weighted by Gasteiger charge is 2.01. The Morgan fingerprint density at radius 3 is 2.89 bits per heavy atom. The summed E-state index contributed by atoms with van der Waals surface area (Å²) in [6.45, 7) is 4.57. The number of benzene rings is 1. The number of aliphatic hydroxyl groups excluding tert-OH is 1. The molecule has 0 bridgehead atoms. The van der Waals surface area contributed by atoms with Crippen molar-refractivity contribution in [3.8, 4) is 5.75 Å². The first-order valence-corrected chi connectivity index (χ1v) is 6.49. The van der Waals surface area contributed by atoms with Crippen molar-refractivity contribution >= 4 is 12.0 Å². The Kier molecular flexibility index (Phi) is 6.68. The maximum Gasteiger partial charge on any atom is 0.244 e. The van der Waals surface area contributed by atoms with Crippen molar-refractivity contribution in [1.29, 1.82) is 0 Å². The molecule has 1 rings (SSSR count). The van der Waals surface area contributed by atoms with E-state index < -0.39 is 6.10 Å². The van der Waals surface area contributed by atoms with Crippen LogP contribution in [0.2, 0.25) is 0 Å². The van der Waals surface area contributed by atoms with Gasteiger partial charge in [0.1, 0.15) is 5.75 Å². The molecule has 0 aliphatic carbocycles. The van der Waals surface area contributed by atoms with Crippen molar-refractivity contribution in [2.75, 3.05) is 13.2 Å². The average molecular weight is 263 g/mol. The van der Waals surface area contributed by atoms with E-state index in [1.807, 2.05) is 31.2 Å². The molecule has 1 atom stereocenters. The second kappa shape index (κ2) is 8.32. The van der Waals surface area contributed by atoms with E-state index in [4.69, 9.17) is 9.84 Å². The lowest BCUT2D eigenvalue weighted by Crippen LogP contribution is -2.28. The molecule has 0 saturated heterocycles. The highest BCUT2D eigenvalue weighted by molar-refractivity contribution is 5.92. The monoisotopic (exact) mass is 263 g/mol. The van der Waals surface area contributed by atoms with E-state index in [0.29, 0.717) is 6.61 Å². The first-order valence-electron chi connectivity index (χ1n) is 6.49. The lowest BCUT2D eigenvalue weighted by Gasteiger charge is -2.08. The molecule has 0 spiro atoms. The van der Waals surface area contributed by atoms with Crippen LogP contribution in [0.4, 0.5) is 0 Å². The fourth-order valence-corrected chi connectivity index (χ4v) is 1.43. The zero-order valence-electron chi connectivity index (χ0n) is 11.4. The molecule has 2 N–H and O–H groups in total. The van der Waals surface area contributed by atoms with Gasteiger partial charge in [-0.1, -0.05) is 25.1 Å². The van der Waals surface area contributed by atoms with Crippen LogP contribution in [0.1, 0.15) is 25.8 Å². The third-order valence-electron chi connectivity index (χ3n) is 2.37. The Morgan fingerprint density at radius 2 is 2.21 bits per heavy atom. The first-order chi connectivity index (χ1) is 9.13. The van der Waals surface area contributed by atoms with Gasteiger partial charge in [0.05, 0.1) is 12.7 Å². The van der Waals surface area contributed by atoms with Gasteiger partial charge in [0.15, 0.2) is 0 Å². The number of carbonyl (C=O) groups excluding carboxylic acids is 1. The van der Waals surface area contributed by atoms with Crippen LogP contribution in [0.25, 0.3) is 6.08 Å². The van der Waals surface area contributed by atoms with Gasteiger partial charge < -0.3 is 15.2 Å². The van der Waals surface area contributed by atoms with Gasteiger partial charge in [-0.3, -0.25) is 4.79 Å². The fraction of sp³-hybridized carbons (Fsp3) is 0.400. The van der Waals surface area contributed by atoms with Gasteiger partial charge in [0.2, 0.25) is 5.91 Å². The van der Waals surface area contributed by atoms with Crippen LogP contribution in [0.15, 0.2) is 30.3 Å². The molecule has 0 heterocycles. The van der Waals surface area contributed by atoms with Gasteiger partial charge >= 0.3 is 0 Å². The second-order valence-corrected chi connectivity index (χ2v) is 4.31. The lowest BCUT2D eigenvalue weighted by molar-refractivity contribution is -0.116. The number of hydrogen-bond donors (Lipinski definition) is 2. The molecular formula is C15H21NO3. The van der Waals surface area contributed by atoms with Crippen LogP contribution in [0.3, 0.4) is 0 Å². The van der Waals surface area contributed by atoms with Crippen molar-refractivity contribution < 1.29 is 14.6 Å². The molecule has 0 saturated carbocycles. The fourth-order valence-electron chi connectivity index (χ4n) is 1.43. The molecule has 19 heavy (non-hydrogen) atoms. The Hall–Kier alpha value is -1.81. The summed E-state index contributed by atoms with van der Waals surface area (Å²) < 4.78 is 5.59. The summed E-state index contributed by atoms with van der Waals surface area (Å²) >= 11 is 0. The van der Waals surface area contributed by atoms with Gasteiger partial charge in [-0.25, -0.2) is 0 Å². The third-order valence-corrected chi connectivity index (χ3v) is 2.37. The van der Waals surface area contributed by atoms with Crippen LogP contribution in [0.5, 0.6) is 5.75 Å². The molecule has 0 aliphatic heterocycles. The van der Waals surface area contributed by atoms with E-state index in [1.54, 1.807) is 13.0 Å². The Bertz CT molecular complexity index is 427. The summed E-state index contributed by atoms with van der Waals surface area (Å²) in [7, 11) is 0. The molecule has 0 fully saturated rings. The highest BCUT2D eigenvalue weighted by Crippen LogP contribution is 2.19. The number of carbonyl (C=O) groups is 1. The van der Waals surface area contributed by atoms with E-state index in [0.717, 1.165) is 17.7 Å². The highest BCUT2D eigenvalue weighted by atomic mass is 16.5. The summed E-state index contributed by atoms with van der Waals surface area (Å²) in [5.74, 6) is 0.537. The Morgan fingerprint density at radius 1 is 1.47 bits per heavy atom. The molecule has 0 aliphatic rings. The minimum Gasteiger partial charge on any atom is -0.493 e. The van der Waals surface area contributed by atoms with Crippen LogP contribution in [-0.2, 0) is 4.79 Å². The van der Waals surface area contributed by atoms with Crippen molar-refractivity contribution in [2.45, 2.75) is 26.4 Å².